The second-order valence-electron chi connectivity index (χ2n) is 1.10. The Morgan fingerprint density at radius 3 is 2.62 bits per heavy atom. The average molecular weight is 103 g/mol. The summed E-state index contributed by atoms with van der Waals surface area (Å²) >= 11 is 0. The van der Waals surface area contributed by atoms with Crippen LogP contribution in [0.5, 0.6) is 0 Å². The molecule has 1 aromatic rings. The van der Waals surface area contributed by atoms with Gasteiger partial charge in [-0.1, -0.05) is 6.20 Å². The summed E-state index contributed by atoms with van der Waals surface area (Å²) < 4.78 is 11.8. The van der Waals surface area contributed by atoms with Crippen LogP contribution in [0.25, 0.3) is 0 Å². The van der Waals surface area contributed by atoms with Crippen LogP contribution in [0.15, 0.2) is 18.3 Å². The molecule has 0 saturated heterocycles. The fraction of sp³-hybridized carbons (Fsp3) is 0. The molecule has 1 rings (SSSR count). The van der Waals surface area contributed by atoms with E-state index in [-0.39, 0.29) is 18.9 Å². The fourth-order valence-corrected chi connectivity index (χ4v) is 0.307. The summed E-state index contributed by atoms with van der Waals surface area (Å²) in [6.07, 6.45) is 3.59. The fourth-order valence-electron chi connectivity index (χ4n) is 0.307. The van der Waals surface area contributed by atoms with Gasteiger partial charge in [0.25, 0.3) is 0 Å². The van der Waals surface area contributed by atoms with Crippen LogP contribution >= 0.6 is 0 Å². The van der Waals surface area contributed by atoms with Crippen LogP contribution < -0.4 is 18.9 Å². The van der Waals surface area contributed by atoms with Crippen molar-refractivity contribution in [1.29, 1.82) is 0 Å². The van der Waals surface area contributed by atoms with Gasteiger partial charge in [0.1, 0.15) is 0 Å². The SMILES string of the molecule is Fc1[c-]nccc1.[Li+]. The molecule has 1 nitrogen and oxygen atoms in total. The zero-order chi connectivity index (χ0) is 5.11. The van der Waals surface area contributed by atoms with Crippen LogP contribution in [-0.4, -0.2) is 4.98 Å². The predicted molar refractivity (Wildman–Crippen MR) is 23.0 cm³/mol. The van der Waals surface area contributed by atoms with Gasteiger partial charge in [0.2, 0.25) is 0 Å². The molecule has 0 radical (unpaired) electrons. The van der Waals surface area contributed by atoms with E-state index in [1.54, 1.807) is 0 Å². The van der Waals surface area contributed by atoms with Crippen molar-refractivity contribution in [2.24, 2.45) is 0 Å². The van der Waals surface area contributed by atoms with Gasteiger partial charge in [-0.25, -0.2) is 4.39 Å². The van der Waals surface area contributed by atoms with Crippen molar-refractivity contribution in [2.75, 3.05) is 0 Å². The van der Waals surface area contributed by atoms with Crippen molar-refractivity contribution in [3.8, 4) is 0 Å². The molecule has 0 saturated carbocycles. The van der Waals surface area contributed by atoms with Gasteiger partial charge in [0, 0.05) is 5.82 Å². The van der Waals surface area contributed by atoms with Crippen LogP contribution in [0.3, 0.4) is 0 Å². The van der Waals surface area contributed by atoms with Gasteiger partial charge in [0.05, 0.1) is 0 Å². The summed E-state index contributed by atoms with van der Waals surface area (Å²) in [7, 11) is 0. The van der Waals surface area contributed by atoms with Gasteiger partial charge < -0.3 is 4.98 Å². The number of halogens is 1. The first kappa shape index (κ1) is 7.68. The van der Waals surface area contributed by atoms with Crippen molar-refractivity contribution in [1.82, 2.24) is 4.98 Å². The van der Waals surface area contributed by atoms with E-state index in [0.29, 0.717) is 0 Å². The Morgan fingerprint density at radius 2 is 2.38 bits per heavy atom. The van der Waals surface area contributed by atoms with E-state index >= 15 is 0 Å². The number of pyridine rings is 1. The smallest absolute Gasteiger partial charge is 0.391 e. The van der Waals surface area contributed by atoms with Crippen LogP contribution in [0.2, 0.25) is 0 Å². The number of rotatable bonds is 0. The van der Waals surface area contributed by atoms with Gasteiger partial charge in [-0.15, -0.1) is 6.07 Å². The van der Waals surface area contributed by atoms with Gasteiger partial charge in [-0.05, 0) is 6.20 Å². The Hall–Kier alpha value is -0.323. The summed E-state index contributed by atoms with van der Waals surface area (Å²) in [5.41, 5.74) is 0. The zero-order valence-corrected chi connectivity index (χ0v) is 4.56. The third kappa shape index (κ3) is 2.11. The first-order chi connectivity index (χ1) is 3.39. The van der Waals surface area contributed by atoms with Crippen LogP contribution in [-0.2, 0) is 0 Å². The van der Waals surface area contributed by atoms with Crippen molar-refractivity contribution < 1.29 is 23.3 Å². The van der Waals surface area contributed by atoms with Crippen molar-refractivity contribution in [3.05, 3.63) is 30.3 Å². The van der Waals surface area contributed by atoms with Crippen LogP contribution in [0.4, 0.5) is 4.39 Å². The van der Waals surface area contributed by atoms with Crippen molar-refractivity contribution in [2.45, 2.75) is 0 Å². The van der Waals surface area contributed by atoms with E-state index in [2.05, 4.69) is 11.2 Å². The van der Waals surface area contributed by atoms with E-state index in [0.717, 1.165) is 0 Å². The van der Waals surface area contributed by atoms with Crippen LogP contribution in [0, 0.1) is 12.0 Å². The van der Waals surface area contributed by atoms with Gasteiger partial charge in [-0.3, -0.25) is 0 Å². The molecule has 36 valence electrons. The van der Waals surface area contributed by atoms with E-state index in [1.807, 2.05) is 0 Å². The third-order valence-electron chi connectivity index (χ3n) is 0.575. The summed E-state index contributed by atoms with van der Waals surface area (Å²) in [6, 6.07) is 2.82. The third-order valence-corrected chi connectivity index (χ3v) is 0.575. The molecule has 0 aliphatic carbocycles. The molecule has 0 aliphatic rings. The summed E-state index contributed by atoms with van der Waals surface area (Å²) in [5, 5.41) is 0. The molecule has 3 heteroatoms. The zero-order valence-electron chi connectivity index (χ0n) is 4.56. The van der Waals surface area contributed by atoms with E-state index in [1.165, 1.54) is 18.3 Å². The molecule has 0 aliphatic heterocycles. The van der Waals surface area contributed by atoms with E-state index in [4.69, 9.17) is 0 Å². The largest absolute Gasteiger partial charge is 1.00 e. The molecular weight excluding hydrogens is 100 g/mol. The molecule has 1 aromatic heterocycles. The Balaban J connectivity index is 0.000000490. The molecule has 8 heavy (non-hydrogen) atoms. The molecule has 0 fully saturated rings. The maximum absolute atomic E-state index is 11.8. The molecule has 1 heterocycles. The summed E-state index contributed by atoms with van der Waals surface area (Å²) in [5.74, 6) is -0.414. The van der Waals surface area contributed by atoms with Gasteiger partial charge in [-0.2, -0.15) is 6.07 Å². The molecule has 0 amide bonds. The second-order valence-corrected chi connectivity index (χ2v) is 1.10. The Kier molecular flexibility index (Phi) is 3.50. The molecular formula is C5H3FLiN. The number of nitrogens with zero attached hydrogens (tertiary/aromatic N) is 1. The Morgan fingerprint density at radius 1 is 1.62 bits per heavy atom. The van der Waals surface area contributed by atoms with Gasteiger partial charge in [0.15, 0.2) is 0 Å². The number of hydrogen-bond acceptors (Lipinski definition) is 1. The normalized spacial score (nSPS) is 7.62. The average Bonchev–Trinajstić information content (AvgIpc) is 1.69. The maximum Gasteiger partial charge on any atom is 1.00 e. The first-order valence-electron chi connectivity index (χ1n) is 1.88. The quantitative estimate of drug-likeness (QED) is 0.274. The second kappa shape index (κ2) is 3.65. The molecule has 0 bridgehead atoms. The minimum absolute atomic E-state index is 0. The Labute approximate surface area is 59.1 Å². The van der Waals surface area contributed by atoms with Gasteiger partial charge >= 0.3 is 18.9 Å². The Bertz CT molecular complexity index is 142. The molecule has 0 N–H and O–H groups in total. The van der Waals surface area contributed by atoms with E-state index in [9.17, 15) is 4.39 Å². The van der Waals surface area contributed by atoms with Crippen molar-refractivity contribution >= 4 is 0 Å². The molecule has 0 aromatic carbocycles. The standard InChI is InChI=1S/C5H3FN.Li/c6-5-2-1-3-7-4-5;/h1-3H;/q-1;+1. The molecule has 0 unspecified atom stereocenters. The summed E-state index contributed by atoms with van der Waals surface area (Å²) in [6.45, 7) is 0. The minimum atomic E-state index is -0.414. The topological polar surface area (TPSA) is 12.9 Å². The maximum atomic E-state index is 11.8. The molecule has 0 atom stereocenters. The predicted octanol–water partition coefficient (Wildman–Crippen LogP) is -1.98. The van der Waals surface area contributed by atoms with Crippen molar-refractivity contribution in [3.63, 3.8) is 0 Å². The minimum Gasteiger partial charge on any atom is -0.391 e. The first-order valence-corrected chi connectivity index (χ1v) is 1.88. The van der Waals surface area contributed by atoms with Crippen LogP contribution in [0.1, 0.15) is 0 Å². The number of aromatic nitrogens is 1. The molecule has 0 spiro atoms. The summed E-state index contributed by atoms with van der Waals surface area (Å²) in [4.78, 5) is 3.38. The monoisotopic (exact) mass is 103 g/mol. The van der Waals surface area contributed by atoms with E-state index < -0.39 is 5.82 Å². The number of hydrogen-bond donors (Lipinski definition) is 0.